The molecule has 2 aliphatic rings. The molecule has 6 nitrogen and oxygen atoms in total. The topological polar surface area (TPSA) is 80.1 Å². The molecule has 0 spiro atoms. The van der Waals surface area contributed by atoms with Crippen LogP contribution in [-0.4, -0.2) is 46.4 Å². The molecule has 192 valence electrons. The van der Waals surface area contributed by atoms with Gasteiger partial charge < -0.3 is 4.74 Å². The number of nitrogens with zero attached hydrogens (tertiary/aromatic N) is 2. The average Bonchev–Trinajstić information content (AvgIpc) is 3.47. The highest BCUT2D eigenvalue weighted by Crippen LogP contribution is 2.41. The molecule has 0 aromatic heterocycles. The van der Waals surface area contributed by atoms with E-state index < -0.39 is 45.6 Å². The molecule has 1 N–H and O–H groups in total. The fraction of sp³-hybridized carbons (Fsp3) is 0.615. The SMILES string of the molecule is CC(C)(C)OC(=O)NC1=N[C@](C)(c2cc(C#C[Si](C)(C)C)ccc2F)C[S@@](=O)(=NC2CC2)C1(C)C. The van der Waals surface area contributed by atoms with Crippen molar-refractivity contribution < 1.29 is 18.1 Å². The Morgan fingerprint density at radius 3 is 2.43 bits per heavy atom. The summed E-state index contributed by atoms with van der Waals surface area (Å²) in [5.74, 6) is 2.94. The lowest BCUT2D eigenvalue weighted by Crippen LogP contribution is -2.58. The Balaban J connectivity index is 2.16. The predicted octanol–water partition coefficient (Wildman–Crippen LogP) is 5.62. The Bertz CT molecular complexity index is 1240. The van der Waals surface area contributed by atoms with E-state index in [1.165, 1.54) is 6.07 Å². The lowest BCUT2D eigenvalue weighted by molar-refractivity contribution is 0.0560. The highest BCUT2D eigenvalue weighted by atomic mass is 32.2. The van der Waals surface area contributed by atoms with E-state index >= 15 is 4.39 Å². The third kappa shape index (κ3) is 6.53. The summed E-state index contributed by atoms with van der Waals surface area (Å²) in [6.45, 7) is 17.0. The van der Waals surface area contributed by atoms with Gasteiger partial charge in [0, 0.05) is 11.1 Å². The molecule has 1 aromatic rings. The van der Waals surface area contributed by atoms with E-state index in [4.69, 9.17) is 14.1 Å². The molecule has 0 bridgehead atoms. The smallest absolute Gasteiger partial charge is 0.413 e. The molecule has 1 amide bonds. The molecule has 1 saturated carbocycles. The second-order valence-electron chi connectivity index (χ2n) is 12.2. The Morgan fingerprint density at radius 1 is 1.26 bits per heavy atom. The van der Waals surface area contributed by atoms with Crippen molar-refractivity contribution in [3.63, 3.8) is 0 Å². The Labute approximate surface area is 210 Å². The van der Waals surface area contributed by atoms with Crippen molar-refractivity contribution >= 4 is 29.7 Å². The van der Waals surface area contributed by atoms with Gasteiger partial charge in [0.2, 0.25) is 0 Å². The van der Waals surface area contributed by atoms with Crippen molar-refractivity contribution in [1.82, 2.24) is 5.32 Å². The molecule has 1 aliphatic carbocycles. The van der Waals surface area contributed by atoms with Crippen molar-refractivity contribution in [2.45, 2.75) is 96.0 Å². The van der Waals surface area contributed by atoms with Gasteiger partial charge in [-0.2, -0.15) is 0 Å². The fourth-order valence-electron chi connectivity index (χ4n) is 3.71. The largest absolute Gasteiger partial charge is 0.444 e. The lowest BCUT2D eigenvalue weighted by Gasteiger charge is -2.42. The van der Waals surface area contributed by atoms with Gasteiger partial charge >= 0.3 is 6.09 Å². The molecule has 1 heterocycles. The quantitative estimate of drug-likeness (QED) is 0.407. The van der Waals surface area contributed by atoms with Crippen LogP contribution in [0, 0.1) is 17.3 Å². The van der Waals surface area contributed by atoms with E-state index in [9.17, 15) is 9.00 Å². The van der Waals surface area contributed by atoms with Crippen molar-refractivity contribution in [2.24, 2.45) is 9.36 Å². The van der Waals surface area contributed by atoms with Gasteiger partial charge in [0.1, 0.15) is 35.6 Å². The Kier molecular flexibility index (Phi) is 7.08. The molecule has 0 saturated heterocycles. The standard InChI is InChI=1S/C26H38FN3O3SSi/c1-24(2,3)33-23(31)28-22-25(4,5)34(32,30-19-11-12-19)17-26(6,29-22)20-16-18(10-13-21(20)27)14-15-35(7,8)9/h10,13,16,19H,11-12,17H2,1-9H3,(H,28,29,31)/t26-,34-/m0/s1. The number of hydrogen-bond acceptors (Lipinski definition) is 5. The lowest BCUT2D eigenvalue weighted by atomic mass is 9.92. The van der Waals surface area contributed by atoms with Crippen LogP contribution in [0.15, 0.2) is 27.6 Å². The number of amidine groups is 1. The maximum absolute atomic E-state index is 15.3. The zero-order valence-electron chi connectivity index (χ0n) is 22.3. The molecular formula is C26H38FN3O3SSi. The molecule has 1 aliphatic heterocycles. The molecule has 1 fully saturated rings. The number of aliphatic imine (C=N–C) groups is 1. The zero-order valence-corrected chi connectivity index (χ0v) is 24.2. The van der Waals surface area contributed by atoms with Gasteiger partial charge in [0.25, 0.3) is 0 Å². The maximum Gasteiger partial charge on any atom is 0.413 e. The van der Waals surface area contributed by atoms with Gasteiger partial charge in [-0.3, -0.25) is 10.3 Å². The molecule has 2 atom stereocenters. The van der Waals surface area contributed by atoms with Gasteiger partial charge in [-0.1, -0.05) is 25.6 Å². The van der Waals surface area contributed by atoms with Crippen LogP contribution < -0.4 is 5.32 Å². The summed E-state index contributed by atoms with van der Waals surface area (Å²) in [6, 6.07) is 4.74. The van der Waals surface area contributed by atoms with Crippen molar-refractivity contribution in [3.8, 4) is 11.5 Å². The van der Waals surface area contributed by atoms with Crippen LogP contribution in [0.25, 0.3) is 0 Å². The number of alkyl carbamates (subject to hydrolysis) is 1. The molecule has 9 heteroatoms. The van der Waals surface area contributed by atoms with E-state index in [2.05, 4.69) is 36.4 Å². The number of carbonyl (C=O) groups is 1. The fourth-order valence-corrected chi connectivity index (χ4v) is 7.00. The van der Waals surface area contributed by atoms with Gasteiger partial charge in [0.05, 0.1) is 21.5 Å². The molecule has 35 heavy (non-hydrogen) atoms. The molecule has 1 aromatic carbocycles. The Hall–Kier alpha value is -2.18. The van der Waals surface area contributed by atoms with E-state index in [0.29, 0.717) is 5.56 Å². The minimum Gasteiger partial charge on any atom is -0.444 e. The van der Waals surface area contributed by atoms with Crippen LogP contribution in [0.3, 0.4) is 0 Å². The summed E-state index contributed by atoms with van der Waals surface area (Å²) >= 11 is 0. The maximum atomic E-state index is 15.3. The first-order valence-corrected chi connectivity index (χ1v) is 17.2. The highest BCUT2D eigenvalue weighted by Gasteiger charge is 2.50. The van der Waals surface area contributed by atoms with Crippen LogP contribution in [0.4, 0.5) is 9.18 Å². The number of nitrogens with one attached hydrogen (secondary N) is 1. The highest BCUT2D eigenvalue weighted by molar-refractivity contribution is 7.95. The van der Waals surface area contributed by atoms with Crippen molar-refractivity contribution in [1.29, 1.82) is 0 Å². The van der Waals surface area contributed by atoms with E-state index in [1.807, 2.05) is 0 Å². The van der Waals surface area contributed by atoms with Gasteiger partial charge in [-0.15, -0.1) is 5.54 Å². The summed E-state index contributed by atoms with van der Waals surface area (Å²) in [5.41, 5.74) is 2.34. The van der Waals surface area contributed by atoms with Gasteiger partial charge in [0.15, 0.2) is 0 Å². The number of amides is 1. The third-order valence-electron chi connectivity index (χ3n) is 5.82. The van der Waals surface area contributed by atoms with E-state index in [-0.39, 0.29) is 23.2 Å². The number of rotatable bonds is 2. The van der Waals surface area contributed by atoms with Crippen LogP contribution in [0.2, 0.25) is 19.6 Å². The van der Waals surface area contributed by atoms with Crippen LogP contribution >= 0.6 is 0 Å². The summed E-state index contributed by atoms with van der Waals surface area (Å²) < 4.78 is 38.8. The van der Waals surface area contributed by atoms with E-state index in [1.54, 1.807) is 53.7 Å². The zero-order chi connectivity index (χ0) is 26.4. The number of carbonyl (C=O) groups excluding carboxylic acids is 1. The molecule has 0 unspecified atom stereocenters. The first kappa shape index (κ1) is 27.4. The van der Waals surface area contributed by atoms with Crippen molar-refractivity contribution in [3.05, 3.63) is 35.1 Å². The molecule has 3 rings (SSSR count). The summed E-state index contributed by atoms with van der Waals surface area (Å²) in [7, 11) is -4.57. The van der Waals surface area contributed by atoms with Gasteiger partial charge in [-0.25, -0.2) is 17.8 Å². The van der Waals surface area contributed by atoms with Crippen LogP contribution in [0.1, 0.15) is 65.5 Å². The number of ether oxygens (including phenoxy) is 1. The third-order valence-corrected chi connectivity index (χ3v) is 10.1. The van der Waals surface area contributed by atoms with Crippen molar-refractivity contribution in [2.75, 3.05) is 5.75 Å². The van der Waals surface area contributed by atoms with E-state index in [0.717, 1.165) is 12.8 Å². The number of benzene rings is 1. The predicted molar refractivity (Wildman–Crippen MR) is 143 cm³/mol. The molecule has 0 radical (unpaired) electrons. The van der Waals surface area contributed by atoms with Crippen LogP contribution in [0.5, 0.6) is 0 Å². The average molecular weight is 520 g/mol. The second kappa shape index (κ2) is 9.04. The summed E-state index contributed by atoms with van der Waals surface area (Å²) in [5, 5.41) is 2.72. The Morgan fingerprint density at radius 2 is 1.89 bits per heavy atom. The molecular weight excluding hydrogens is 481 g/mol. The van der Waals surface area contributed by atoms with Crippen LogP contribution in [-0.2, 0) is 20.0 Å². The first-order valence-electron chi connectivity index (χ1n) is 12.0. The number of hydrogen-bond donors (Lipinski definition) is 1. The first-order chi connectivity index (χ1) is 15.8. The minimum absolute atomic E-state index is 0.0192. The summed E-state index contributed by atoms with van der Waals surface area (Å²) in [6.07, 6.45) is 1.06. The second-order valence-corrected chi connectivity index (χ2v) is 19.7. The monoisotopic (exact) mass is 519 g/mol. The summed E-state index contributed by atoms with van der Waals surface area (Å²) in [4.78, 5) is 17.5. The minimum atomic E-state index is -2.94. The van der Waals surface area contributed by atoms with Gasteiger partial charge in [-0.05, 0) is 72.6 Å². The number of halogens is 1. The normalized spacial score (nSPS) is 26.2.